The Labute approximate surface area is 304 Å². The summed E-state index contributed by atoms with van der Waals surface area (Å²) in [5.41, 5.74) is 17.3. The second kappa shape index (κ2) is 17.8. The molecule has 0 radical (unpaired) electrons. The molecule has 0 spiro atoms. The number of carbonyl (C=O) groups is 4. The van der Waals surface area contributed by atoms with E-state index >= 15 is 0 Å². The average molecular weight is 720 g/mol. The Morgan fingerprint density at radius 1 is 1.04 bits per heavy atom. The number of nitrogens with two attached hydrogens (primary N) is 2. The zero-order valence-electron chi connectivity index (χ0n) is 30.4. The zero-order chi connectivity index (χ0) is 37.3. The number of rotatable bonds is 16. The van der Waals surface area contributed by atoms with Crippen LogP contribution in [0.15, 0.2) is 48.1 Å². The lowest BCUT2D eigenvalue weighted by molar-refractivity contribution is -0.144. The Kier molecular flexibility index (Phi) is 13.8. The molecule has 1 saturated heterocycles. The van der Waals surface area contributed by atoms with Crippen LogP contribution in [0.1, 0.15) is 107 Å². The first-order valence-corrected chi connectivity index (χ1v) is 18.6. The second-order valence-electron chi connectivity index (χ2n) is 14.6. The summed E-state index contributed by atoms with van der Waals surface area (Å²) < 4.78 is 0. The van der Waals surface area contributed by atoms with Crippen LogP contribution < -0.4 is 22.1 Å². The first-order chi connectivity index (χ1) is 24.1. The van der Waals surface area contributed by atoms with Crippen LogP contribution in [0.2, 0.25) is 0 Å². The highest BCUT2D eigenvalue weighted by atomic mass is 32.1. The van der Waals surface area contributed by atoms with E-state index in [4.69, 9.17) is 11.5 Å². The van der Waals surface area contributed by atoms with Crippen LogP contribution in [-0.4, -0.2) is 68.3 Å². The van der Waals surface area contributed by atoms with Gasteiger partial charge in [-0.3, -0.25) is 24.2 Å². The molecule has 1 aliphatic heterocycles. The molecule has 0 bridgehead atoms. The summed E-state index contributed by atoms with van der Waals surface area (Å²) in [7, 11) is 0. The van der Waals surface area contributed by atoms with Crippen LogP contribution in [0.4, 0.5) is 0 Å². The van der Waals surface area contributed by atoms with Crippen LogP contribution in [0.3, 0.4) is 0 Å². The molecule has 13 heteroatoms. The number of aliphatic hydroxyl groups excluding tert-OH is 1. The number of amides is 4. The van der Waals surface area contributed by atoms with Crippen LogP contribution >= 0.6 is 11.3 Å². The highest BCUT2D eigenvalue weighted by Crippen LogP contribution is 2.30. The minimum atomic E-state index is -0.875. The third kappa shape index (κ3) is 11.1. The molecule has 4 amide bonds. The van der Waals surface area contributed by atoms with E-state index in [-0.39, 0.29) is 55.6 Å². The van der Waals surface area contributed by atoms with Crippen molar-refractivity contribution < 1.29 is 24.3 Å². The topological polar surface area (TPSA) is 194 Å². The van der Waals surface area contributed by atoms with Gasteiger partial charge in [-0.25, -0.2) is 4.98 Å². The van der Waals surface area contributed by atoms with Crippen LogP contribution in [0.5, 0.6) is 0 Å². The fourth-order valence-corrected chi connectivity index (χ4v) is 7.15. The Bertz CT molecular complexity index is 1650. The number of nitrogens with one attached hydrogen (secondary N) is 2. The maximum absolute atomic E-state index is 14.0. The van der Waals surface area contributed by atoms with Crippen LogP contribution in [-0.2, 0) is 25.6 Å². The van der Waals surface area contributed by atoms with E-state index < -0.39 is 29.5 Å². The number of hydrogen-bond acceptors (Lipinski definition) is 9. The third-order valence-corrected chi connectivity index (χ3v) is 10.3. The molecule has 1 aromatic carbocycles. The molecule has 4 rings (SSSR count). The van der Waals surface area contributed by atoms with Gasteiger partial charge in [0, 0.05) is 38.0 Å². The molecule has 0 unspecified atom stereocenters. The summed E-state index contributed by atoms with van der Waals surface area (Å²) in [6.45, 7) is 9.50. The van der Waals surface area contributed by atoms with Crippen molar-refractivity contribution in [3.05, 3.63) is 70.6 Å². The van der Waals surface area contributed by atoms with Gasteiger partial charge in [0.05, 0.1) is 33.9 Å². The number of hydrogen-bond donors (Lipinski definition) is 5. The third-order valence-electron chi connectivity index (χ3n) is 9.36. The van der Waals surface area contributed by atoms with Crippen molar-refractivity contribution in [3.8, 4) is 10.4 Å². The molecule has 1 fully saturated rings. The SMILES string of the molecule is Cc1ncsc1-c1ccc([C@H](C)NC(=O)[C@@H]2C[C@@H](O)CN2C(=O)[C@@H](NC(=O)CCCCCc2ccnc([C@@H](N)CCC(N)=O)c2)C(C)(C)C)cc1. The van der Waals surface area contributed by atoms with E-state index in [0.29, 0.717) is 12.8 Å². The minimum absolute atomic E-state index is 0.0173. The van der Waals surface area contributed by atoms with Gasteiger partial charge in [-0.2, -0.15) is 0 Å². The van der Waals surface area contributed by atoms with Crippen molar-refractivity contribution in [2.75, 3.05) is 6.54 Å². The number of aromatic nitrogens is 2. The van der Waals surface area contributed by atoms with Crippen molar-refractivity contribution >= 4 is 35.0 Å². The standard InChI is InChI=1S/C38H53N7O5S/c1-23(26-11-13-27(14-12-26)34-24(2)42-22-51-34)43-36(49)31-20-28(46)21-45(31)37(50)35(38(3,4)5)44-33(48)10-8-6-7-9-25-17-18-41-30(19-25)29(39)15-16-32(40)47/h11-14,17-19,22-23,28-29,31,35,46H,6-10,15-16,20-21,39H2,1-5H3,(H2,40,47)(H,43,49)(H,44,48)/t23-,28+,29-,31-,35+/m0/s1. The zero-order valence-corrected chi connectivity index (χ0v) is 31.2. The molecular weight excluding hydrogens is 667 g/mol. The van der Waals surface area contributed by atoms with Gasteiger partial charge >= 0.3 is 0 Å². The van der Waals surface area contributed by atoms with Gasteiger partial charge in [0.2, 0.25) is 23.6 Å². The lowest BCUT2D eigenvalue weighted by Gasteiger charge is -2.35. The summed E-state index contributed by atoms with van der Waals surface area (Å²) >= 11 is 1.58. The van der Waals surface area contributed by atoms with Crippen molar-refractivity contribution in [1.82, 2.24) is 25.5 Å². The number of aryl methyl sites for hydroxylation is 2. The van der Waals surface area contributed by atoms with Gasteiger partial charge in [0.1, 0.15) is 12.1 Å². The van der Waals surface area contributed by atoms with Gasteiger partial charge in [-0.15, -0.1) is 11.3 Å². The molecule has 2 aromatic heterocycles. The number of benzene rings is 1. The predicted molar refractivity (Wildman–Crippen MR) is 198 cm³/mol. The average Bonchev–Trinajstić information content (AvgIpc) is 3.70. The highest BCUT2D eigenvalue weighted by Gasteiger charge is 2.44. The van der Waals surface area contributed by atoms with Crippen molar-refractivity contribution in [1.29, 1.82) is 0 Å². The highest BCUT2D eigenvalue weighted by molar-refractivity contribution is 7.13. The molecule has 1 aliphatic rings. The number of carbonyl (C=O) groups excluding carboxylic acids is 4. The van der Waals surface area contributed by atoms with Crippen LogP contribution in [0, 0.1) is 12.3 Å². The molecule has 0 aliphatic carbocycles. The number of β-amino-alcohol motifs (C(OH)–C–C–N with tert-alkyl or cyclic N) is 1. The molecule has 3 heterocycles. The maximum atomic E-state index is 14.0. The quantitative estimate of drug-likeness (QED) is 0.136. The summed E-state index contributed by atoms with van der Waals surface area (Å²) in [6, 6.07) is 9.42. The molecule has 12 nitrogen and oxygen atoms in total. The van der Waals surface area contributed by atoms with E-state index in [2.05, 4.69) is 20.6 Å². The van der Waals surface area contributed by atoms with Crippen molar-refractivity contribution in [3.63, 3.8) is 0 Å². The molecule has 7 N–H and O–H groups in total. The van der Waals surface area contributed by atoms with Gasteiger partial charge in [0.25, 0.3) is 0 Å². The number of aliphatic hydroxyl groups is 1. The summed E-state index contributed by atoms with van der Waals surface area (Å²) in [4.78, 5) is 62.9. The molecule has 51 heavy (non-hydrogen) atoms. The predicted octanol–water partition coefficient (Wildman–Crippen LogP) is 4.25. The number of primary amides is 1. The fourth-order valence-electron chi connectivity index (χ4n) is 6.34. The number of nitrogens with zero attached hydrogens (tertiary/aromatic N) is 3. The maximum Gasteiger partial charge on any atom is 0.246 e. The van der Waals surface area contributed by atoms with E-state index in [1.165, 1.54) is 4.90 Å². The Morgan fingerprint density at radius 3 is 2.41 bits per heavy atom. The molecule has 0 saturated carbocycles. The minimum Gasteiger partial charge on any atom is -0.391 e. The number of pyridine rings is 1. The normalized spacial score (nSPS) is 17.8. The Hall–Kier alpha value is -4.20. The second-order valence-corrected chi connectivity index (χ2v) is 15.5. The van der Waals surface area contributed by atoms with E-state index in [1.54, 1.807) is 17.5 Å². The first kappa shape index (κ1) is 39.6. The van der Waals surface area contributed by atoms with Gasteiger partial charge in [0.15, 0.2) is 0 Å². The Morgan fingerprint density at radius 2 is 1.76 bits per heavy atom. The summed E-state index contributed by atoms with van der Waals surface area (Å²) in [6.07, 6.45) is 4.98. The lowest BCUT2D eigenvalue weighted by atomic mass is 9.85. The summed E-state index contributed by atoms with van der Waals surface area (Å²) in [5.74, 6) is -1.35. The smallest absolute Gasteiger partial charge is 0.246 e. The van der Waals surface area contributed by atoms with Gasteiger partial charge in [-0.1, -0.05) is 51.5 Å². The first-order valence-electron chi connectivity index (χ1n) is 17.7. The van der Waals surface area contributed by atoms with Crippen LogP contribution in [0.25, 0.3) is 10.4 Å². The largest absolute Gasteiger partial charge is 0.391 e. The van der Waals surface area contributed by atoms with E-state index in [1.807, 2.05) is 76.5 Å². The van der Waals surface area contributed by atoms with Gasteiger partial charge < -0.3 is 32.1 Å². The van der Waals surface area contributed by atoms with Crippen molar-refractivity contribution in [2.24, 2.45) is 16.9 Å². The molecule has 3 aromatic rings. The lowest BCUT2D eigenvalue weighted by Crippen LogP contribution is -2.57. The van der Waals surface area contributed by atoms with Gasteiger partial charge in [-0.05, 0) is 73.8 Å². The van der Waals surface area contributed by atoms with E-state index in [9.17, 15) is 24.3 Å². The summed E-state index contributed by atoms with van der Waals surface area (Å²) in [5, 5.41) is 16.5. The van der Waals surface area contributed by atoms with Crippen molar-refractivity contribution in [2.45, 2.75) is 116 Å². The fraction of sp³-hybridized carbons (Fsp3) is 0.526. The van der Waals surface area contributed by atoms with E-state index in [0.717, 1.165) is 52.2 Å². The number of unbranched alkanes of at least 4 members (excludes halogenated alkanes) is 2. The molecule has 5 atom stereocenters. The monoisotopic (exact) mass is 719 g/mol. The number of thiazole rings is 1. The Balaban J connectivity index is 1.29. The number of likely N-dealkylation sites (tertiary alicyclic amines) is 1. The molecule has 276 valence electrons. The molecular formula is C38H53N7O5S.